The number of rotatable bonds is 14. The Bertz CT molecular complexity index is 569. The Morgan fingerprint density at radius 1 is 0.886 bits per heavy atom. The first-order valence-corrected chi connectivity index (χ1v) is 9.07. The maximum Gasteiger partial charge on any atom is 1.00 e. The van der Waals surface area contributed by atoms with Gasteiger partial charge in [0.25, 0.3) is 17.7 Å². The zero-order chi connectivity index (χ0) is 26.3. The molecule has 4 amide bonds. The molecule has 35 heavy (non-hydrogen) atoms. The molecule has 0 aromatic rings. The van der Waals surface area contributed by atoms with E-state index in [1.54, 1.807) is 14.2 Å². The second-order valence-corrected chi connectivity index (χ2v) is 4.97. The number of hydrazine groups is 2. The Morgan fingerprint density at radius 2 is 1.34 bits per heavy atom. The van der Waals surface area contributed by atoms with E-state index in [1.165, 1.54) is 14.1 Å². The summed E-state index contributed by atoms with van der Waals surface area (Å²) in [5.74, 6) is 3.30. The number of nitrogens with one attached hydrogen (secondary N) is 5. The van der Waals surface area contributed by atoms with Crippen LogP contribution in [-0.4, -0.2) is 113 Å². The van der Waals surface area contributed by atoms with Crippen LogP contribution in [0.2, 0.25) is 0 Å². The average molecular weight is 524 g/mol. The predicted octanol–water partition coefficient (Wildman–Crippen LogP) is -6.46. The molecule has 0 unspecified atom stereocenters. The van der Waals surface area contributed by atoms with Crippen LogP contribution in [0, 0.1) is 11.8 Å². The first kappa shape index (κ1) is 46.2. The Kier molecular flexibility index (Phi) is 55.6. The largest absolute Gasteiger partial charge is 1.00 e. The molecule has 0 aliphatic rings. The molecular weight excluding hydrogens is 480 g/mol. The maximum atomic E-state index is 11.0. The van der Waals surface area contributed by atoms with Gasteiger partial charge in [0.15, 0.2) is 0 Å². The summed E-state index contributed by atoms with van der Waals surface area (Å²) in [5.41, 5.74) is 6.70. The number of aldehydes is 1. The van der Waals surface area contributed by atoms with Crippen LogP contribution in [0.1, 0.15) is 7.13 Å². The second-order valence-electron chi connectivity index (χ2n) is 4.97. The summed E-state index contributed by atoms with van der Waals surface area (Å²) in [4.78, 5) is 51.1. The van der Waals surface area contributed by atoms with Crippen molar-refractivity contribution in [3.8, 4) is 0 Å². The first-order valence-electron chi connectivity index (χ1n) is 9.07. The Labute approximate surface area is 236 Å². The van der Waals surface area contributed by atoms with Gasteiger partial charge in [-0.15, -0.1) is 0 Å². The Balaban J connectivity index is -0.0000000333. The number of carbonyl (C=O) groups excluding carboxylic acids is 5. The van der Waals surface area contributed by atoms with E-state index in [0.717, 1.165) is 0 Å². The number of nitrogens with zero attached hydrogens (tertiary/aromatic N) is 1. The van der Waals surface area contributed by atoms with Crippen molar-refractivity contribution >= 4 is 38.3 Å². The van der Waals surface area contributed by atoms with Crippen LogP contribution in [0.25, 0.3) is 0 Å². The van der Waals surface area contributed by atoms with Gasteiger partial charge in [0.2, 0.25) is 12.2 Å². The van der Waals surface area contributed by atoms with Crippen molar-refractivity contribution in [2.24, 2.45) is 5.84 Å². The van der Waals surface area contributed by atoms with Crippen molar-refractivity contribution < 1.29 is 79.6 Å². The molecule has 0 atom stereocenters. The van der Waals surface area contributed by atoms with Crippen LogP contribution in [-0.2, 0) is 42.9 Å². The molecule has 18 heteroatoms. The molecule has 0 aliphatic heterocycles. The van der Waals surface area contributed by atoms with Gasteiger partial charge in [-0.2, -0.15) is 0 Å². The van der Waals surface area contributed by atoms with Crippen molar-refractivity contribution in [2.75, 3.05) is 74.5 Å². The molecule has 0 saturated carbocycles. The number of methoxy groups -OCH3 is 2. The minimum atomic E-state index is -0.588. The number of ether oxygens (including phenoxy) is 4. The normalized spacial score (nSPS) is 8.09. The number of amides is 4. The van der Waals surface area contributed by atoms with Crippen LogP contribution in [0.3, 0.4) is 0 Å². The van der Waals surface area contributed by atoms with E-state index in [9.17, 15) is 24.0 Å². The van der Waals surface area contributed by atoms with Crippen LogP contribution >= 0.6 is 0 Å². The van der Waals surface area contributed by atoms with Crippen molar-refractivity contribution in [3.63, 3.8) is 0 Å². The van der Waals surface area contributed by atoms with Gasteiger partial charge >= 0.3 is 29.6 Å². The van der Waals surface area contributed by atoms with Crippen molar-refractivity contribution in [1.29, 1.82) is 5.26 Å². The Morgan fingerprint density at radius 3 is 1.66 bits per heavy atom. The molecule has 0 aromatic carbocycles. The van der Waals surface area contributed by atoms with Crippen molar-refractivity contribution in [2.45, 2.75) is 0 Å². The third kappa shape index (κ3) is 49.9. The third-order valence-electron chi connectivity index (χ3n) is 2.60. The van der Waals surface area contributed by atoms with Crippen LogP contribution in [0.15, 0.2) is 0 Å². The number of hydrogen-bond donors (Lipinski definition) is 6. The van der Waals surface area contributed by atoms with Gasteiger partial charge in [0.1, 0.15) is 13.2 Å². The topological polar surface area (TPSA) is 232 Å². The fraction of sp³-hybridized carbons (Fsp3) is 0.647. The van der Waals surface area contributed by atoms with Gasteiger partial charge in [-0.05, 0) is 0 Å². The quantitative estimate of drug-likeness (QED) is 0.0182. The number of likely N-dealkylation sites (N-methyl/N-ethyl adjacent to an activating group) is 2. The fourth-order valence-electron chi connectivity index (χ4n) is 1.06. The molecule has 3 radical (unpaired) electrons. The molecule has 0 heterocycles. The molecule has 0 bridgehead atoms. The summed E-state index contributed by atoms with van der Waals surface area (Å²) in [6.07, 6.45) is 0.222. The fourth-order valence-corrected chi connectivity index (χ4v) is 1.06. The minimum Gasteiger partial charge on any atom is -0.512 e. The summed E-state index contributed by atoms with van der Waals surface area (Å²) < 4.78 is 19.1. The monoisotopic (exact) mass is 524 g/mol. The number of carbonyl (C=O) groups is 5. The standard InChI is InChI=1S/C8H17N3O4.C5H12N2O3.C3H5NO2.CN.B.Na.5H2/c1-9-7(12)5-10-11-8(13)6-15-4-3-14-2;1-9-2-3-10-4-5(8)7-6;1-4-3(6)2-5;1-2;;;;;;;/h10H,3-6H2,1-2H3,(H,9,12)(H,11,13);2-4,6H2,1H3,(H,7,8);2H,1H3,(H,4,6);;;;5*1H/q;;;-1;;+1;;;;;. The zero-order valence-corrected chi connectivity index (χ0v) is 22.8. The SMILES string of the molecule is CNC(=O)C=O.CNC(=O)CNNC(=O)COCCOC.COCCOCC(=O)NN.[B].[C-]#N.[HH].[HH].[HH].[HH].[HH].[Na+]. The summed E-state index contributed by atoms with van der Waals surface area (Å²) in [5, 5.41) is 10.8. The van der Waals surface area contributed by atoms with E-state index in [1.807, 2.05) is 5.43 Å². The van der Waals surface area contributed by atoms with Gasteiger partial charge in [-0.3, -0.25) is 34.8 Å². The molecule has 16 nitrogen and oxygen atoms in total. The average Bonchev–Trinajstić information content (AvgIpc) is 2.85. The molecule has 0 aromatic heterocycles. The van der Waals surface area contributed by atoms with Crippen LogP contribution in [0.5, 0.6) is 0 Å². The molecule has 0 spiro atoms. The maximum absolute atomic E-state index is 11.0. The number of hydrogen-bond acceptors (Lipinski definition) is 12. The molecule has 0 fully saturated rings. The van der Waals surface area contributed by atoms with Gasteiger partial charge in [-0.25, -0.2) is 11.3 Å². The van der Waals surface area contributed by atoms with Crippen molar-refractivity contribution in [1.82, 2.24) is 26.9 Å². The first-order chi connectivity index (χ1) is 15.8. The van der Waals surface area contributed by atoms with Crippen LogP contribution < -0.4 is 62.3 Å². The third-order valence-corrected chi connectivity index (χ3v) is 2.60. The zero-order valence-electron chi connectivity index (χ0n) is 20.8. The summed E-state index contributed by atoms with van der Waals surface area (Å²) in [7, 11) is 6.02. The molecule has 0 saturated heterocycles. The molecule has 7 N–H and O–H groups in total. The van der Waals surface area contributed by atoms with Gasteiger partial charge in [0, 0.05) is 43.9 Å². The van der Waals surface area contributed by atoms with Crippen molar-refractivity contribution in [3.05, 3.63) is 6.57 Å². The Hall–Kier alpha value is -2.14. The molecule has 0 rings (SSSR count). The van der Waals surface area contributed by atoms with E-state index >= 15 is 0 Å². The van der Waals surface area contributed by atoms with Gasteiger partial charge in [-0.1, -0.05) is 0 Å². The summed E-state index contributed by atoms with van der Waals surface area (Å²) in [6, 6.07) is 0. The van der Waals surface area contributed by atoms with Gasteiger partial charge < -0.3 is 41.4 Å². The number of nitrogens with two attached hydrogens (primary N) is 1. The van der Waals surface area contributed by atoms with E-state index < -0.39 is 5.91 Å². The smallest absolute Gasteiger partial charge is 0.512 e. The van der Waals surface area contributed by atoms with Crippen LogP contribution in [0.4, 0.5) is 0 Å². The summed E-state index contributed by atoms with van der Waals surface area (Å²) in [6.45, 7) is 6.39. The van der Waals surface area contributed by atoms with E-state index in [2.05, 4.69) is 26.2 Å². The van der Waals surface area contributed by atoms with E-state index in [-0.39, 0.29) is 88.9 Å². The van der Waals surface area contributed by atoms with E-state index in [0.29, 0.717) is 26.4 Å². The molecular formula is C17H44BN7NaO9. The minimum absolute atomic E-state index is 0. The van der Waals surface area contributed by atoms with E-state index in [4.69, 9.17) is 31.9 Å². The second kappa shape index (κ2) is 42.1. The van der Waals surface area contributed by atoms with Gasteiger partial charge in [0.05, 0.1) is 33.0 Å². The molecule has 0 aliphatic carbocycles. The predicted molar refractivity (Wildman–Crippen MR) is 129 cm³/mol. The molecule has 205 valence electrons. The summed E-state index contributed by atoms with van der Waals surface area (Å²) >= 11 is 0.